The first-order valence-electron chi connectivity index (χ1n) is 8.42. The van der Waals surface area contributed by atoms with E-state index in [1.807, 2.05) is 0 Å². The van der Waals surface area contributed by atoms with Crippen molar-refractivity contribution in [1.82, 2.24) is 4.90 Å². The quantitative estimate of drug-likeness (QED) is 0.829. The summed E-state index contributed by atoms with van der Waals surface area (Å²) in [5, 5.41) is 0. The molecule has 3 rings (SSSR count). The molecule has 0 amide bonds. The number of fused-ring (bicyclic) bond motifs is 1. The molecule has 110 valence electrons. The number of hydrogen-bond acceptors (Lipinski definition) is 2. The number of likely N-dealkylation sites (tertiary alicyclic amines) is 1. The Kier molecular flexibility index (Phi) is 3.46. The first kappa shape index (κ1) is 13.9. The molecule has 0 aromatic heterocycles. The van der Waals surface area contributed by atoms with Crippen LogP contribution in [0.25, 0.3) is 0 Å². The minimum Gasteiger partial charge on any atom is -0.329 e. The zero-order valence-electron chi connectivity index (χ0n) is 13.1. The van der Waals surface area contributed by atoms with Crippen LogP contribution < -0.4 is 5.73 Å². The molecule has 0 aromatic carbocycles. The van der Waals surface area contributed by atoms with Gasteiger partial charge in [0, 0.05) is 25.2 Å². The van der Waals surface area contributed by atoms with Gasteiger partial charge in [-0.25, -0.2) is 0 Å². The second-order valence-corrected chi connectivity index (χ2v) is 8.43. The van der Waals surface area contributed by atoms with Crippen LogP contribution in [0.5, 0.6) is 0 Å². The van der Waals surface area contributed by atoms with Crippen molar-refractivity contribution in [2.75, 3.05) is 19.6 Å². The molecule has 3 fully saturated rings. The van der Waals surface area contributed by atoms with Crippen LogP contribution in [0.2, 0.25) is 0 Å². The fourth-order valence-corrected chi connectivity index (χ4v) is 5.42. The molecule has 2 N–H and O–H groups in total. The normalized spacial score (nSPS) is 46.4. The van der Waals surface area contributed by atoms with Crippen LogP contribution in [0.15, 0.2) is 0 Å². The predicted octanol–water partition coefficient (Wildman–Crippen LogP) is 3.26. The van der Waals surface area contributed by atoms with Crippen molar-refractivity contribution in [1.29, 1.82) is 0 Å². The lowest BCUT2D eigenvalue weighted by atomic mass is 9.63. The number of nitrogens with zero attached hydrogens (tertiary/aromatic N) is 1. The van der Waals surface area contributed by atoms with Crippen LogP contribution in [-0.4, -0.2) is 30.1 Å². The zero-order chi connectivity index (χ0) is 13.7. The molecule has 19 heavy (non-hydrogen) atoms. The first-order valence-corrected chi connectivity index (χ1v) is 8.42. The lowest BCUT2D eigenvalue weighted by molar-refractivity contribution is -0.0131. The number of rotatable bonds is 2. The summed E-state index contributed by atoms with van der Waals surface area (Å²) in [5.41, 5.74) is 7.15. The molecule has 4 unspecified atom stereocenters. The van der Waals surface area contributed by atoms with Crippen LogP contribution in [0, 0.1) is 23.2 Å². The zero-order valence-corrected chi connectivity index (χ0v) is 13.1. The van der Waals surface area contributed by atoms with Crippen LogP contribution in [0.1, 0.15) is 59.3 Å². The van der Waals surface area contributed by atoms with Crippen molar-refractivity contribution in [3.8, 4) is 0 Å². The Bertz CT molecular complexity index is 326. The van der Waals surface area contributed by atoms with Gasteiger partial charge in [0.05, 0.1) is 0 Å². The summed E-state index contributed by atoms with van der Waals surface area (Å²) in [7, 11) is 0. The molecular weight excluding hydrogens is 232 g/mol. The van der Waals surface area contributed by atoms with Gasteiger partial charge < -0.3 is 5.73 Å². The van der Waals surface area contributed by atoms with E-state index in [9.17, 15) is 0 Å². The van der Waals surface area contributed by atoms with Gasteiger partial charge in [0.1, 0.15) is 0 Å². The molecule has 0 radical (unpaired) electrons. The maximum Gasteiger partial charge on any atom is 0.0357 e. The van der Waals surface area contributed by atoms with Crippen LogP contribution >= 0.6 is 0 Å². The number of nitrogens with two attached hydrogens (primary N) is 1. The lowest BCUT2D eigenvalue weighted by Gasteiger charge is -2.53. The minimum atomic E-state index is 0.319. The van der Waals surface area contributed by atoms with Crippen molar-refractivity contribution in [2.45, 2.75) is 64.8 Å². The molecule has 2 aliphatic carbocycles. The van der Waals surface area contributed by atoms with Crippen molar-refractivity contribution in [3.05, 3.63) is 0 Å². The maximum atomic E-state index is 6.31. The molecule has 0 aromatic rings. The van der Waals surface area contributed by atoms with E-state index < -0.39 is 0 Å². The highest BCUT2D eigenvalue weighted by Crippen LogP contribution is 2.49. The summed E-state index contributed by atoms with van der Waals surface area (Å²) in [6.07, 6.45) is 8.43. The van der Waals surface area contributed by atoms with E-state index >= 15 is 0 Å². The summed E-state index contributed by atoms with van der Waals surface area (Å²) in [6.45, 7) is 10.9. The van der Waals surface area contributed by atoms with Crippen LogP contribution in [-0.2, 0) is 0 Å². The Morgan fingerprint density at radius 1 is 1.11 bits per heavy atom. The minimum absolute atomic E-state index is 0.319. The molecule has 3 aliphatic rings. The van der Waals surface area contributed by atoms with Gasteiger partial charge in [0.15, 0.2) is 0 Å². The maximum absolute atomic E-state index is 6.31. The third-order valence-corrected chi connectivity index (χ3v) is 6.72. The van der Waals surface area contributed by atoms with Crippen molar-refractivity contribution in [3.63, 3.8) is 0 Å². The van der Waals surface area contributed by atoms with Gasteiger partial charge in [-0.15, -0.1) is 0 Å². The topological polar surface area (TPSA) is 29.3 Å². The lowest BCUT2D eigenvalue weighted by Crippen LogP contribution is -2.60. The van der Waals surface area contributed by atoms with E-state index in [4.69, 9.17) is 5.73 Å². The fourth-order valence-electron chi connectivity index (χ4n) is 5.42. The summed E-state index contributed by atoms with van der Waals surface area (Å²) >= 11 is 0. The van der Waals surface area contributed by atoms with E-state index in [0.717, 1.165) is 24.3 Å². The van der Waals surface area contributed by atoms with Gasteiger partial charge in [-0.3, -0.25) is 4.90 Å². The second-order valence-electron chi connectivity index (χ2n) is 8.43. The molecule has 0 spiro atoms. The molecule has 1 aliphatic heterocycles. The molecule has 4 atom stereocenters. The second kappa shape index (κ2) is 4.73. The Balaban J connectivity index is 1.77. The SMILES string of the molecule is CC1CC(C)(C)CCC1(CN)N1CC2CCCC2C1. The third kappa shape index (κ3) is 2.25. The fraction of sp³-hybridized carbons (Fsp3) is 1.00. The molecule has 1 heterocycles. The highest BCUT2D eigenvalue weighted by molar-refractivity contribution is 5.05. The Labute approximate surface area is 119 Å². The van der Waals surface area contributed by atoms with Crippen molar-refractivity contribution < 1.29 is 0 Å². The average Bonchev–Trinajstić information content (AvgIpc) is 2.89. The van der Waals surface area contributed by atoms with E-state index in [2.05, 4.69) is 25.7 Å². The average molecular weight is 264 g/mol. The van der Waals surface area contributed by atoms with Gasteiger partial charge >= 0.3 is 0 Å². The summed E-state index contributed by atoms with van der Waals surface area (Å²) in [6, 6.07) is 0. The summed E-state index contributed by atoms with van der Waals surface area (Å²) in [5.74, 6) is 2.73. The van der Waals surface area contributed by atoms with Crippen LogP contribution in [0.3, 0.4) is 0 Å². The van der Waals surface area contributed by atoms with E-state index in [1.54, 1.807) is 0 Å². The van der Waals surface area contributed by atoms with Gasteiger partial charge in [0.25, 0.3) is 0 Å². The number of hydrogen-bond donors (Lipinski definition) is 1. The van der Waals surface area contributed by atoms with E-state index in [1.165, 1.54) is 51.6 Å². The van der Waals surface area contributed by atoms with E-state index in [-0.39, 0.29) is 0 Å². The smallest absolute Gasteiger partial charge is 0.0357 e. The van der Waals surface area contributed by atoms with Crippen molar-refractivity contribution >= 4 is 0 Å². The third-order valence-electron chi connectivity index (χ3n) is 6.72. The van der Waals surface area contributed by atoms with Crippen LogP contribution in [0.4, 0.5) is 0 Å². The predicted molar refractivity (Wildman–Crippen MR) is 81.0 cm³/mol. The van der Waals surface area contributed by atoms with Gasteiger partial charge in [-0.2, -0.15) is 0 Å². The van der Waals surface area contributed by atoms with Gasteiger partial charge in [0.2, 0.25) is 0 Å². The monoisotopic (exact) mass is 264 g/mol. The van der Waals surface area contributed by atoms with Gasteiger partial charge in [-0.05, 0) is 55.3 Å². The highest BCUT2D eigenvalue weighted by Gasteiger charge is 2.50. The van der Waals surface area contributed by atoms with Gasteiger partial charge in [-0.1, -0.05) is 27.2 Å². The molecule has 2 saturated carbocycles. The Hall–Kier alpha value is -0.0800. The standard InChI is InChI=1S/C17H32N2/c1-13-9-16(2,3)7-8-17(13,12-18)19-10-14-5-4-6-15(14)11-19/h13-15H,4-12,18H2,1-3H3. The van der Waals surface area contributed by atoms with Crippen molar-refractivity contribution in [2.24, 2.45) is 28.9 Å². The largest absolute Gasteiger partial charge is 0.329 e. The molecule has 0 bridgehead atoms. The summed E-state index contributed by atoms with van der Waals surface area (Å²) < 4.78 is 0. The summed E-state index contributed by atoms with van der Waals surface area (Å²) in [4.78, 5) is 2.82. The first-order chi connectivity index (χ1) is 8.97. The molecular formula is C17H32N2. The van der Waals surface area contributed by atoms with E-state index in [0.29, 0.717) is 11.0 Å². The Morgan fingerprint density at radius 3 is 2.26 bits per heavy atom. The molecule has 2 heteroatoms. The highest BCUT2D eigenvalue weighted by atomic mass is 15.2. The Morgan fingerprint density at radius 2 is 1.74 bits per heavy atom. The molecule has 1 saturated heterocycles. The molecule has 2 nitrogen and oxygen atoms in total.